The van der Waals surface area contributed by atoms with E-state index in [0.717, 1.165) is 22.4 Å². The Kier molecular flexibility index (Phi) is 6.47. The fraction of sp³-hybridized carbons (Fsp3) is 0.208. The van der Waals surface area contributed by atoms with Crippen molar-refractivity contribution in [3.05, 3.63) is 70.9 Å². The summed E-state index contributed by atoms with van der Waals surface area (Å²) in [6, 6.07) is 14.8. The number of anilines is 1. The summed E-state index contributed by atoms with van der Waals surface area (Å²) >= 11 is 0. The van der Waals surface area contributed by atoms with Crippen LogP contribution in [0.2, 0.25) is 0 Å². The summed E-state index contributed by atoms with van der Waals surface area (Å²) in [7, 11) is 0. The van der Waals surface area contributed by atoms with Crippen molar-refractivity contribution in [2.24, 2.45) is 0 Å². The molecule has 0 aliphatic carbocycles. The van der Waals surface area contributed by atoms with Crippen LogP contribution in [0.25, 0.3) is 11.3 Å². The van der Waals surface area contributed by atoms with Crippen molar-refractivity contribution in [2.45, 2.75) is 27.7 Å². The quantitative estimate of drug-likeness (QED) is 0.569. The second-order valence-electron chi connectivity index (χ2n) is 6.87. The third kappa shape index (κ3) is 4.49. The number of rotatable bonds is 7. The van der Waals surface area contributed by atoms with Crippen LogP contribution in [0, 0.1) is 20.8 Å². The number of aryl methyl sites for hydroxylation is 2. The summed E-state index contributed by atoms with van der Waals surface area (Å²) in [4.78, 5) is 28.4. The van der Waals surface area contributed by atoms with E-state index in [1.165, 1.54) is 0 Å². The van der Waals surface area contributed by atoms with Crippen LogP contribution < -0.4 is 14.8 Å². The second-order valence-corrected chi connectivity index (χ2v) is 6.87. The Morgan fingerprint density at radius 3 is 2.57 bits per heavy atom. The minimum Gasteiger partial charge on any atom is -0.494 e. The fourth-order valence-electron chi connectivity index (χ4n) is 3.20. The predicted octanol–water partition coefficient (Wildman–Crippen LogP) is 4.86. The van der Waals surface area contributed by atoms with Gasteiger partial charge in [0.2, 0.25) is 0 Å². The van der Waals surface area contributed by atoms with Gasteiger partial charge in [-0.15, -0.1) is 0 Å². The van der Waals surface area contributed by atoms with Crippen LogP contribution in [0.1, 0.15) is 34.1 Å². The molecule has 0 unspecified atom stereocenters. The van der Waals surface area contributed by atoms with Crippen LogP contribution in [-0.2, 0) is 4.79 Å². The monoisotopic (exact) mass is 404 g/mol. The van der Waals surface area contributed by atoms with Crippen LogP contribution in [0.3, 0.4) is 0 Å². The molecule has 0 radical (unpaired) electrons. The number of aromatic nitrogens is 1. The predicted molar refractivity (Wildman–Crippen MR) is 116 cm³/mol. The van der Waals surface area contributed by atoms with Crippen molar-refractivity contribution >= 4 is 18.1 Å². The number of nitrogens with one attached hydrogen (secondary N) is 1. The number of ether oxygens (including phenoxy) is 2. The molecule has 0 bridgehead atoms. The second kappa shape index (κ2) is 9.22. The summed E-state index contributed by atoms with van der Waals surface area (Å²) in [6.07, 6.45) is 0. The van der Waals surface area contributed by atoms with E-state index < -0.39 is 0 Å². The third-order valence-corrected chi connectivity index (χ3v) is 4.79. The third-order valence-electron chi connectivity index (χ3n) is 4.79. The molecular formula is C24H24N2O4. The van der Waals surface area contributed by atoms with Crippen LogP contribution in [0.15, 0.2) is 48.5 Å². The molecule has 154 valence electrons. The Labute approximate surface area is 175 Å². The Balaban J connectivity index is 1.94. The number of carbonyl (C=O) groups is 2. The van der Waals surface area contributed by atoms with Gasteiger partial charge in [-0.1, -0.05) is 24.3 Å². The first kappa shape index (κ1) is 21.0. The van der Waals surface area contributed by atoms with Gasteiger partial charge in [-0.3, -0.25) is 9.59 Å². The van der Waals surface area contributed by atoms with Crippen molar-refractivity contribution < 1.29 is 19.1 Å². The average molecular weight is 404 g/mol. The highest BCUT2D eigenvalue weighted by Gasteiger charge is 2.17. The number of hydrogen-bond donors (Lipinski definition) is 1. The first-order valence-corrected chi connectivity index (χ1v) is 9.67. The zero-order chi connectivity index (χ0) is 21.7. The molecule has 0 spiro atoms. The highest BCUT2D eigenvalue weighted by atomic mass is 16.5. The first-order chi connectivity index (χ1) is 14.4. The molecular weight excluding hydrogens is 380 g/mol. The average Bonchev–Trinajstić information content (AvgIpc) is 2.74. The Morgan fingerprint density at radius 2 is 1.83 bits per heavy atom. The molecule has 1 N–H and O–H groups in total. The summed E-state index contributed by atoms with van der Waals surface area (Å²) in [5, 5.41) is 2.92. The van der Waals surface area contributed by atoms with E-state index in [1.54, 1.807) is 19.1 Å². The zero-order valence-electron chi connectivity index (χ0n) is 17.5. The molecule has 6 nitrogen and oxygen atoms in total. The molecule has 3 aromatic rings. The highest BCUT2D eigenvalue weighted by Crippen LogP contribution is 2.30. The van der Waals surface area contributed by atoms with Crippen LogP contribution in [-0.4, -0.2) is 24.0 Å². The molecule has 2 aromatic carbocycles. The maximum atomic E-state index is 13.1. The van der Waals surface area contributed by atoms with E-state index in [4.69, 9.17) is 9.47 Å². The summed E-state index contributed by atoms with van der Waals surface area (Å²) in [5.41, 5.74) is 4.76. The fourth-order valence-corrected chi connectivity index (χ4v) is 3.20. The van der Waals surface area contributed by atoms with E-state index in [9.17, 15) is 9.59 Å². The standard InChI is InChI=1S/C24H24N2O4/c1-5-29-19-8-6-7-18(13-19)20-11-9-16(3)23(25-20)24(28)26-22-15(2)10-12-21(17(22)4)30-14-27/h6-14H,5H2,1-4H3,(H,26,28). The molecule has 30 heavy (non-hydrogen) atoms. The highest BCUT2D eigenvalue weighted by molar-refractivity contribution is 6.05. The SMILES string of the molecule is CCOc1cccc(-c2ccc(C)c(C(=O)Nc3c(C)ccc(OC=O)c3C)n2)c1. The van der Waals surface area contributed by atoms with Gasteiger partial charge in [0.05, 0.1) is 18.0 Å². The Morgan fingerprint density at radius 1 is 1.07 bits per heavy atom. The van der Waals surface area contributed by atoms with Gasteiger partial charge >= 0.3 is 0 Å². The minimum atomic E-state index is -0.329. The van der Waals surface area contributed by atoms with E-state index >= 15 is 0 Å². The van der Waals surface area contributed by atoms with E-state index in [1.807, 2.05) is 57.2 Å². The van der Waals surface area contributed by atoms with E-state index in [0.29, 0.717) is 41.5 Å². The van der Waals surface area contributed by atoms with Crippen LogP contribution in [0.5, 0.6) is 11.5 Å². The smallest absolute Gasteiger partial charge is 0.298 e. The first-order valence-electron chi connectivity index (χ1n) is 9.67. The maximum Gasteiger partial charge on any atom is 0.298 e. The summed E-state index contributed by atoms with van der Waals surface area (Å²) in [6.45, 7) is 8.38. The van der Waals surface area contributed by atoms with Gasteiger partial charge in [-0.05, 0) is 63.1 Å². The topological polar surface area (TPSA) is 77.5 Å². The molecule has 1 amide bonds. The minimum absolute atomic E-state index is 0.329. The number of hydrogen-bond acceptors (Lipinski definition) is 5. The molecule has 3 rings (SSSR count). The summed E-state index contributed by atoms with van der Waals surface area (Å²) < 4.78 is 10.6. The molecule has 0 aliphatic rings. The molecule has 1 heterocycles. The lowest BCUT2D eigenvalue weighted by Gasteiger charge is -2.15. The normalized spacial score (nSPS) is 10.4. The molecule has 0 fully saturated rings. The molecule has 0 aliphatic heterocycles. The Hall–Kier alpha value is -3.67. The lowest BCUT2D eigenvalue weighted by Crippen LogP contribution is -2.17. The molecule has 6 heteroatoms. The number of pyridine rings is 1. The van der Waals surface area contributed by atoms with Gasteiger partial charge in [0, 0.05) is 11.1 Å². The van der Waals surface area contributed by atoms with Crippen molar-refractivity contribution in [1.82, 2.24) is 4.98 Å². The van der Waals surface area contributed by atoms with Gasteiger partial charge < -0.3 is 14.8 Å². The van der Waals surface area contributed by atoms with Gasteiger partial charge in [0.15, 0.2) is 0 Å². The zero-order valence-corrected chi connectivity index (χ0v) is 17.5. The maximum absolute atomic E-state index is 13.1. The lowest BCUT2D eigenvalue weighted by atomic mass is 10.1. The summed E-state index contributed by atoms with van der Waals surface area (Å²) in [5.74, 6) is 0.823. The van der Waals surface area contributed by atoms with Crippen LogP contribution >= 0.6 is 0 Å². The number of benzene rings is 2. The Bertz CT molecular complexity index is 1090. The van der Waals surface area contributed by atoms with Gasteiger partial charge in [-0.2, -0.15) is 0 Å². The molecule has 1 aromatic heterocycles. The van der Waals surface area contributed by atoms with E-state index in [-0.39, 0.29) is 5.91 Å². The van der Waals surface area contributed by atoms with Crippen molar-refractivity contribution in [3.8, 4) is 22.8 Å². The number of amides is 1. The number of carbonyl (C=O) groups excluding carboxylic acids is 2. The van der Waals surface area contributed by atoms with Gasteiger partial charge in [-0.25, -0.2) is 4.98 Å². The molecule has 0 saturated heterocycles. The largest absolute Gasteiger partial charge is 0.494 e. The van der Waals surface area contributed by atoms with Crippen molar-refractivity contribution in [2.75, 3.05) is 11.9 Å². The van der Waals surface area contributed by atoms with Crippen molar-refractivity contribution in [1.29, 1.82) is 0 Å². The van der Waals surface area contributed by atoms with Crippen LogP contribution in [0.4, 0.5) is 5.69 Å². The number of nitrogens with zero attached hydrogens (tertiary/aromatic N) is 1. The van der Waals surface area contributed by atoms with Gasteiger partial charge in [0.1, 0.15) is 17.2 Å². The molecule has 0 saturated carbocycles. The molecule has 0 atom stereocenters. The lowest BCUT2D eigenvalue weighted by molar-refractivity contribution is -0.120. The van der Waals surface area contributed by atoms with Gasteiger partial charge in [0.25, 0.3) is 12.4 Å². The van der Waals surface area contributed by atoms with Crippen molar-refractivity contribution in [3.63, 3.8) is 0 Å². The van der Waals surface area contributed by atoms with E-state index in [2.05, 4.69) is 10.3 Å².